The molecule has 1 heterocycles. The van der Waals surface area contributed by atoms with Crippen LogP contribution in [-0.4, -0.2) is 9.97 Å². The fourth-order valence-electron chi connectivity index (χ4n) is 3.47. The molecule has 0 aliphatic rings. The number of nitrogens with zero attached hydrogens (tertiary/aromatic N) is 4. The Hall–Kier alpha value is -4.68. The van der Waals surface area contributed by atoms with Gasteiger partial charge in [-0.15, -0.1) is 0 Å². The molecule has 0 amide bonds. The number of nitriles is 2. The first-order valence-corrected chi connectivity index (χ1v) is 10.4. The Bertz CT molecular complexity index is 1370. The van der Waals surface area contributed by atoms with Crippen molar-refractivity contribution in [2.24, 2.45) is 0 Å². The van der Waals surface area contributed by atoms with Crippen LogP contribution >= 0.6 is 0 Å². The van der Waals surface area contributed by atoms with Crippen molar-refractivity contribution >= 4 is 11.6 Å². The number of aryl methyl sites for hydroxylation is 3. The minimum atomic E-state index is 0.370. The first-order chi connectivity index (χ1) is 16.0. The predicted octanol–water partition coefficient (Wildman–Crippen LogP) is 6.35. The van der Waals surface area contributed by atoms with Crippen molar-refractivity contribution in [1.82, 2.24) is 9.97 Å². The average Bonchev–Trinajstić information content (AvgIpc) is 2.82. The number of benzene rings is 3. The summed E-state index contributed by atoms with van der Waals surface area (Å²) in [5, 5.41) is 21.4. The molecule has 0 saturated heterocycles. The smallest absolute Gasteiger partial charge is 0.231 e. The van der Waals surface area contributed by atoms with E-state index in [1.54, 1.807) is 42.6 Å². The molecular formula is C27H21N5O. The lowest BCUT2D eigenvalue weighted by Gasteiger charge is -2.16. The third-order valence-electron chi connectivity index (χ3n) is 5.17. The Morgan fingerprint density at radius 3 is 2.06 bits per heavy atom. The van der Waals surface area contributed by atoms with Crippen molar-refractivity contribution in [1.29, 1.82) is 10.5 Å². The molecule has 0 saturated carbocycles. The SMILES string of the molecule is Cc1ccc(-c2cnc(Nc3ccc(C#N)cc3)nc2Oc2c(C)cc(C#N)cc2C)cc1. The normalized spacial score (nSPS) is 10.2. The number of ether oxygens (including phenoxy) is 1. The second-order valence-electron chi connectivity index (χ2n) is 7.75. The van der Waals surface area contributed by atoms with Crippen molar-refractivity contribution < 1.29 is 4.74 Å². The summed E-state index contributed by atoms with van der Waals surface area (Å²) >= 11 is 0. The van der Waals surface area contributed by atoms with Gasteiger partial charge < -0.3 is 10.1 Å². The average molecular weight is 431 g/mol. The van der Waals surface area contributed by atoms with Crippen molar-refractivity contribution in [3.8, 4) is 34.9 Å². The monoisotopic (exact) mass is 431 g/mol. The maximum Gasteiger partial charge on any atom is 0.231 e. The van der Waals surface area contributed by atoms with Crippen molar-refractivity contribution in [2.75, 3.05) is 5.32 Å². The van der Waals surface area contributed by atoms with Crippen LogP contribution in [0, 0.1) is 43.4 Å². The zero-order valence-electron chi connectivity index (χ0n) is 18.5. The maximum atomic E-state index is 9.25. The minimum absolute atomic E-state index is 0.370. The molecule has 0 aliphatic heterocycles. The van der Waals surface area contributed by atoms with E-state index < -0.39 is 0 Å². The lowest BCUT2D eigenvalue weighted by atomic mass is 10.1. The second-order valence-corrected chi connectivity index (χ2v) is 7.75. The van der Waals surface area contributed by atoms with E-state index in [4.69, 9.17) is 10.00 Å². The molecular weight excluding hydrogens is 410 g/mol. The second kappa shape index (κ2) is 9.21. The molecule has 0 atom stereocenters. The zero-order valence-corrected chi connectivity index (χ0v) is 18.5. The Morgan fingerprint density at radius 2 is 1.45 bits per heavy atom. The minimum Gasteiger partial charge on any atom is -0.438 e. The third kappa shape index (κ3) is 4.81. The Morgan fingerprint density at radius 1 is 0.818 bits per heavy atom. The lowest BCUT2D eigenvalue weighted by Crippen LogP contribution is -2.02. The van der Waals surface area contributed by atoms with Crippen LogP contribution in [0.25, 0.3) is 11.1 Å². The lowest BCUT2D eigenvalue weighted by molar-refractivity contribution is 0.457. The predicted molar refractivity (Wildman–Crippen MR) is 127 cm³/mol. The van der Waals surface area contributed by atoms with Crippen LogP contribution in [0.4, 0.5) is 11.6 Å². The van der Waals surface area contributed by atoms with Gasteiger partial charge in [0.25, 0.3) is 0 Å². The van der Waals surface area contributed by atoms with E-state index in [1.165, 1.54) is 0 Å². The first kappa shape index (κ1) is 21.5. The summed E-state index contributed by atoms with van der Waals surface area (Å²) in [6.07, 6.45) is 1.73. The number of rotatable bonds is 5. The van der Waals surface area contributed by atoms with Crippen LogP contribution in [-0.2, 0) is 0 Å². The fraction of sp³-hybridized carbons (Fsp3) is 0.111. The van der Waals surface area contributed by atoms with E-state index in [0.717, 1.165) is 33.5 Å². The largest absolute Gasteiger partial charge is 0.438 e. The quantitative estimate of drug-likeness (QED) is 0.396. The van der Waals surface area contributed by atoms with Crippen molar-refractivity contribution in [3.05, 3.63) is 94.7 Å². The number of hydrogen-bond acceptors (Lipinski definition) is 6. The standard InChI is InChI=1S/C27H21N5O/c1-17-4-8-22(9-5-17)24-16-30-27(31-23-10-6-20(14-28)7-11-23)32-26(24)33-25-18(2)12-21(15-29)13-19(25)3/h4-13,16H,1-3H3,(H,30,31,32). The van der Waals surface area contributed by atoms with E-state index in [1.807, 2.05) is 45.0 Å². The summed E-state index contributed by atoms with van der Waals surface area (Å²) in [6, 6.07) is 23.0. The van der Waals surface area contributed by atoms with Gasteiger partial charge in [0.1, 0.15) is 5.75 Å². The topological polar surface area (TPSA) is 94.6 Å². The molecule has 0 radical (unpaired) electrons. The molecule has 33 heavy (non-hydrogen) atoms. The molecule has 4 rings (SSSR count). The highest BCUT2D eigenvalue weighted by Crippen LogP contribution is 2.35. The molecule has 6 nitrogen and oxygen atoms in total. The van der Waals surface area contributed by atoms with Gasteiger partial charge >= 0.3 is 0 Å². The molecule has 0 unspecified atom stereocenters. The summed E-state index contributed by atoms with van der Waals surface area (Å²) in [4.78, 5) is 9.13. The number of hydrogen-bond donors (Lipinski definition) is 1. The van der Waals surface area contributed by atoms with Gasteiger partial charge in [-0.1, -0.05) is 29.8 Å². The molecule has 1 N–H and O–H groups in total. The molecule has 0 spiro atoms. The highest BCUT2D eigenvalue weighted by molar-refractivity contribution is 5.70. The van der Waals surface area contributed by atoms with Crippen LogP contribution < -0.4 is 10.1 Å². The van der Waals surface area contributed by atoms with Gasteiger partial charge in [0.15, 0.2) is 0 Å². The van der Waals surface area contributed by atoms with Crippen LogP contribution in [0.5, 0.6) is 11.6 Å². The van der Waals surface area contributed by atoms with Gasteiger partial charge in [-0.3, -0.25) is 0 Å². The molecule has 0 bridgehead atoms. The molecule has 6 heteroatoms. The summed E-state index contributed by atoms with van der Waals surface area (Å²) in [5.41, 5.74) is 6.46. The molecule has 160 valence electrons. The highest BCUT2D eigenvalue weighted by atomic mass is 16.5. The van der Waals surface area contributed by atoms with Gasteiger partial charge in [-0.25, -0.2) is 4.98 Å². The zero-order chi connectivity index (χ0) is 23.4. The molecule has 0 aliphatic carbocycles. The number of anilines is 2. The van der Waals surface area contributed by atoms with Gasteiger partial charge in [0.05, 0.1) is 28.8 Å². The van der Waals surface area contributed by atoms with Crippen LogP contribution in [0.15, 0.2) is 66.9 Å². The van der Waals surface area contributed by atoms with Crippen LogP contribution in [0.1, 0.15) is 27.8 Å². The van der Waals surface area contributed by atoms with Crippen molar-refractivity contribution in [3.63, 3.8) is 0 Å². The molecule has 3 aromatic carbocycles. The maximum absolute atomic E-state index is 9.25. The van der Waals surface area contributed by atoms with Gasteiger partial charge in [0.2, 0.25) is 11.8 Å². The van der Waals surface area contributed by atoms with E-state index in [9.17, 15) is 5.26 Å². The molecule has 0 fully saturated rings. The summed E-state index contributed by atoms with van der Waals surface area (Å²) in [6.45, 7) is 5.85. The van der Waals surface area contributed by atoms with Crippen LogP contribution in [0.3, 0.4) is 0 Å². The number of nitrogens with one attached hydrogen (secondary N) is 1. The van der Waals surface area contributed by atoms with Gasteiger partial charge in [0, 0.05) is 11.9 Å². The van der Waals surface area contributed by atoms with Crippen molar-refractivity contribution in [2.45, 2.75) is 20.8 Å². The van der Waals surface area contributed by atoms with E-state index in [2.05, 4.69) is 27.4 Å². The summed E-state index contributed by atoms with van der Waals surface area (Å²) in [5.74, 6) is 1.43. The molecule has 4 aromatic rings. The van der Waals surface area contributed by atoms with Crippen LogP contribution in [0.2, 0.25) is 0 Å². The van der Waals surface area contributed by atoms with Gasteiger partial charge in [-0.2, -0.15) is 15.5 Å². The van der Waals surface area contributed by atoms with E-state index >= 15 is 0 Å². The number of aromatic nitrogens is 2. The first-order valence-electron chi connectivity index (χ1n) is 10.4. The Balaban J connectivity index is 1.76. The third-order valence-corrected chi connectivity index (χ3v) is 5.17. The van der Waals surface area contributed by atoms with E-state index in [-0.39, 0.29) is 0 Å². The summed E-state index contributed by atoms with van der Waals surface area (Å²) < 4.78 is 6.33. The van der Waals surface area contributed by atoms with Gasteiger partial charge in [-0.05, 0) is 73.9 Å². The molecule has 1 aromatic heterocycles. The summed E-state index contributed by atoms with van der Waals surface area (Å²) in [7, 11) is 0. The Kier molecular flexibility index (Phi) is 6.02. The fourth-order valence-corrected chi connectivity index (χ4v) is 3.47. The highest BCUT2D eigenvalue weighted by Gasteiger charge is 2.15. The Labute approximate surface area is 192 Å². The van der Waals surface area contributed by atoms with E-state index in [0.29, 0.717) is 28.7 Å².